The van der Waals surface area contributed by atoms with Crippen molar-refractivity contribution in [3.05, 3.63) is 0 Å². The Hall–Kier alpha value is -0.665. The third kappa shape index (κ3) is 6.75. The molecule has 122 valence electrons. The summed E-state index contributed by atoms with van der Waals surface area (Å²) in [5, 5.41) is 26.9. The topological polar surface area (TPSA) is 110 Å². The SMILES string of the molecule is CN1CCN(CCC(N)(CCCCB(O)O)C(=O)O)CC1. The molecule has 0 radical (unpaired) electrons. The number of aliphatic carboxylic acids is 1. The number of piperazine rings is 1. The smallest absolute Gasteiger partial charge is 0.451 e. The number of nitrogens with two attached hydrogens (primary N) is 1. The van der Waals surface area contributed by atoms with Gasteiger partial charge in [-0.05, 0) is 26.2 Å². The number of unbranched alkanes of at least 4 members (excludes halogenated alkanes) is 1. The lowest BCUT2D eigenvalue weighted by atomic mass is 9.81. The summed E-state index contributed by atoms with van der Waals surface area (Å²) in [5.41, 5.74) is 4.82. The van der Waals surface area contributed by atoms with Crippen LogP contribution in [0.25, 0.3) is 0 Å². The molecule has 0 aromatic rings. The summed E-state index contributed by atoms with van der Waals surface area (Å²) in [7, 11) is 0.754. The number of hydrogen-bond acceptors (Lipinski definition) is 6. The summed E-state index contributed by atoms with van der Waals surface area (Å²) in [6.45, 7) is 4.59. The van der Waals surface area contributed by atoms with Crippen molar-refractivity contribution in [1.29, 1.82) is 0 Å². The van der Waals surface area contributed by atoms with E-state index in [-0.39, 0.29) is 6.32 Å². The van der Waals surface area contributed by atoms with Gasteiger partial charge in [0.05, 0.1) is 0 Å². The maximum Gasteiger partial charge on any atom is 0.451 e. The Morgan fingerprint density at radius 1 is 1.19 bits per heavy atom. The second-order valence-corrected chi connectivity index (χ2v) is 6.08. The van der Waals surface area contributed by atoms with Crippen molar-refractivity contribution in [2.24, 2.45) is 5.73 Å². The van der Waals surface area contributed by atoms with Gasteiger partial charge in [-0.2, -0.15) is 0 Å². The van der Waals surface area contributed by atoms with Gasteiger partial charge in [-0.25, -0.2) is 0 Å². The fourth-order valence-corrected chi connectivity index (χ4v) is 2.54. The lowest BCUT2D eigenvalue weighted by molar-refractivity contribution is -0.144. The zero-order chi connectivity index (χ0) is 15.9. The highest BCUT2D eigenvalue weighted by atomic mass is 16.4. The lowest BCUT2D eigenvalue weighted by Crippen LogP contribution is -2.52. The molecule has 1 saturated heterocycles. The monoisotopic (exact) mass is 301 g/mol. The van der Waals surface area contributed by atoms with Crippen LogP contribution in [-0.4, -0.2) is 83.4 Å². The van der Waals surface area contributed by atoms with Crippen LogP contribution in [0.1, 0.15) is 25.7 Å². The molecule has 1 heterocycles. The first-order valence-corrected chi connectivity index (χ1v) is 7.63. The van der Waals surface area contributed by atoms with E-state index in [2.05, 4.69) is 16.8 Å². The lowest BCUT2D eigenvalue weighted by Gasteiger charge is -2.34. The highest BCUT2D eigenvalue weighted by Gasteiger charge is 2.33. The first-order chi connectivity index (χ1) is 9.83. The van der Waals surface area contributed by atoms with Crippen molar-refractivity contribution in [2.75, 3.05) is 39.8 Å². The Morgan fingerprint density at radius 3 is 2.33 bits per heavy atom. The summed E-state index contributed by atoms with van der Waals surface area (Å²) in [4.78, 5) is 15.9. The van der Waals surface area contributed by atoms with Crippen molar-refractivity contribution >= 4 is 13.1 Å². The van der Waals surface area contributed by atoms with E-state index in [1.54, 1.807) is 0 Å². The number of nitrogens with zero attached hydrogens (tertiary/aromatic N) is 2. The molecule has 1 fully saturated rings. The van der Waals surface area contributed by atoms with E-state index < -0.39 is 18.6 Å². The van der Waals surface area contributed by atoms with E-state index in [1.165, 1.54) is 0 Å². The van der Waals surface area contributed by atoms with Gasteiger partial charge in [0.2, 0.25) is 0 Å². The van der Waals surface area contributed by atoms with Gasteiger partial charge in [-0.3, -0.25) is 4.79 Å². The van der Waals surface area contributed by atoms with Crippen LogP contribution in [0.2, 0.25) is 6.32 Å². The van der Waals surface area contributed by atoms with Crippen LogP contribution in [0.15, 0.2) is 0 Å². The van der Waals surface area contributed by atoms with E-state index in [0.717, 1.165) is 26.2 Å². The number of carbonyl (C=O) groups is 1. The minimum absolute atomic E-state index is 0.258. The molecule has 0 bridgehead atoms. The van der Waals surface area contributed by atoms with E-state index >= 15 is 0 Å². The highest BCUT2D eigenvalue weighted by Crippen LogP contribution is 2.18. The van der Waals surface area contributed by atoms with Gasteiger partial charge in [0.25, 0.3) is 0 Å². The van der Waals surface area contributed by atoms with Crippen LogP contribution in [0.4, 0.5) is 0 Å². The molecule has 1 atom stereocenters. The Labute approximate surface area is 126 Å². The average molecular weight is 301 g/mol. The van der Waals surface area contributed by atoms with Gasteiger partial charge in [0.15, 0.2) is 0 Å². The number of likely N-dealkylation sites (N-methyl/N-ethyl adjacent to an activating group) is 1. The molecule has 1 aliphatic rings. The maximum atomic E-state index is 11.4. The quantitative estimate of drug-likeness (QED) is 0.321. The first kappa shape index (κ1) is 18.4. The Morgan fingerprint density at radius 2 is 1.81 bits per heavy atom. The molecule has 8 heteroatoms. The van der Waals surface area contributed by atoms with Gasteiger partial charge in [-0.15, -0.1) is 0 Å². The number of rotatable bonds is 9. The van der Waals surface area contributed by atoms with Gasteiger partial charge >= 0.3 is 13.1 Å². The number of hydrogen-bond donors (Lipinski definition) is 4. The van der Waals surface area contributed by atoms with Crippen LogP contribution in [0.3, 0.4) is 0 Å². The highest BCUT2D eigenvalue weighted by molar-refractivity contribution is 6.40. The minimum atomic E-state index is -1.33. The van der Waals surface area contributed by atoms with Crippen LogP contribution < -0.4 is 5.73 Å². The molecule has 0 aromatic heterocycles. The summed E-state index contributed by atoms with van der Waals surface area (Å²) < 4.78 is 0. The molecule has 0 aliphatic carbocycles. The zero-order valence-electron chi connectivity index (χ0n) is 12.9. The van der Waals surface area contributed by atoms with Crippen LogP contribution in [0, 0.1) is 0 Å². The normalized spacial score (nSPS) is 20.2. The van der Waals surface area contributed by atoms with Gasteiger partial charge in [-0.1, -0.05) is 12.8 Å². The van der Waals surface area contributed by atoms with Crippen LogP contribution in [0.5, 0.6) is 0 Å². The van der Waals surface area contributed by atoms with Gasteiger partial charge in [0, 0.05) is 32.7 Å². The largest absolute Gasteiger partial charge is 0.480 e. The second-order valence-electron chi connectivity index (χ2n) is 6.08. The van der Waals surface area contributed by atoms with Crippen molar-refractivity contribution in [1.82, 2.24) is 9.80 Å². The third-order valence-corrected chi connectivity index (χ3v) is 4.23. The minimum Gasteiger partial charge on any atom is -0.480 e. The predicted molar refractivity (Wildman–Crippen MR) is 82.0 cm³/mol. The molecular weight excluding hydrogens is 273 g/mol. The van der Waals surface area contributed by atoms with E-state index in [0.29, 0.717) is 32.2 Å². The van der Waals surface area contributed by atoms with Crippen LogP contribution >= 0.6 is 0 Å². The first-order valence-electron chi connectivity index (χ1n) is 7.63. The fraction of sp³-hybridized carbons (Fsp3) is 0.923. The van der Waals surface area contributed by atoms with Gasteiger partial charge < -0.3 is 30.7 Å². The third-order valence-electron chi connectivity index (χ3n) is 4.23. The predicted octanol–water partition coefficient (Wildman–Crippen LogP) is -0.951. The summed E-state index contributed by atoms with van der Waals surface area (Å²) in [5.74, 6) is -0.971. The molecule has 1 rings (SSSR count). The standard InChI is InChI=1S/C13H28BN3O4/c1-16-8-10-17(11-9-16)7-5-13(15,12(18)19)4-2-3-6-14(20)21/h20-21H,2-11,15H2,1H3,(H,18,19). The molecule has 7 nitrogen and oxygen atoms in total. The summed E-state index contributed by atoms with van der Waals surface area (Å²) in [6, 6.07) is 0. The summed E-state index contributed by atoms with van der Waals surface area (Å²) in [6.07, 6.45) is 2.20. The zero-order valence-corrected chi connectivity index (χ0v) is 12.9. The molecule has 1 aliphatic heterocycles. The molecule has 5 N–H and O–H groups in total. The van der Waals surface area contributed by atoms with Crippen molar-refractivity contribution in [3.63, 3.8) is 0 Å². The Balaban J connectivity index is 2.35. The average Bonchev–Trinajstić information content (AvgIpc) is 2.42. The van der Waals surface area contributed by atoms with Crippen molar-refractivity contribution < 1.29 is 19.9 Å². The number of carboxylic acids is 1. The van der Waals surface area contributed by atoms with E-state index in [9.17, 15) is 9.90 Å². The fourth-order valence-electron chi connectivity index (χ4n) is 2.54. The van der Waals surface area contributed by atoms with E-state index in [4.69, 9.17) is 15.8 Å². The van der Waals surface area contributed by atoms with Crippen molar-refractivity contribution in [3.8, 4) is 0 Å². The Kier molecular flexibility index (Phi) is 7.62. The maximum absolute atomic E-state index is 11.4. The molecule has 1 unspecified atom stereocenters. The molecule has 0 amide bonds. The number of carboxylic acid groups (broad SMARTS) is 1. The Bertz CT molecular complexity index is 325. The molecule has 0 saturated carbocycles. The van der Waals surface area contributed by atoms with Gasteiger partial charge in [0.1, 0.15) is 5.54 Å². The van der Waals surface area contributed by atoms with Crippen molar-refractivity contribution in [2.45, 2.75) is 37.5 Å². The summed E-state index contributed by atoms with van der Waals surface area (Å²) >= 11 is 0. The molecule has 0 aromatic carbocycles. The van der Waals surface area contributed by atoms with E-state index in [1.807, 2.05) is 0 Å². The molecular formula is C13H28BN3O4. The second kappa shape index (κ2) is 8.70. The molecule has 0 spiro atoms. The molecule has 21 heavy (non-hydrogen) atoms. The van der Waals surface area contributed by atoms with Crippen LogP contribution in [-0.2, 0) is 4.79 Å².